The van der Waals surface area contributed by atoms with Crippen LogP contribution in [0.2, 0.25) is 0 Å². The summed E-state index contributed by atoms with van der Waals surface area (Å²) >= 11 is 0. The molecular weight excluding hydrogens is 472 g/mol. The van der Waals surface area contributed by atoms with Crippen LogP contribution >= 0.6 is 0 Å². The Balaban J connectivity index is 1.67. The number of ketones is 2. The maximum absolute atomic E-state index is 13.1. The number of fused-ring (bicyclic) bond motifs is 1. The fraction of sp³-hybridized carbons (Fsp3) is 0.379. The van der Waals surface area contributed by atoms with Crippen LogP contribution in [0, 0.1) is 0 Å². The molecule has 0 saturated carbocycles. The largest absolute Gasteiger partial charge is 0.444 e. The number of rotatable bonds is 9. The highest BCUT2D eigenvalue weighted by Crippen LogP contribution is 2.27. The predicted octanol–water partition coefficient (Wildman–Crippen LogP) is 4.39. The van der Waals surface area contributed by atoms with Crippen molar-refractivity contribution in [1.82, 2.24) is 10.6 Å². The molecule has 2 N–H and O–H groups in total. The van der Waals surface area contributed by atoms with Crippen molar-refractivity contribution in [3.8, 4) is 0 Å². The van der Waals surface area contributed by atoms with Gasteiger partial charge >= 0.3 is 6.09 Å². The number of carbonyl (C=O) groups is 4. The molecule has 0 radical (unpaired) electrons. The van der Waals surface area contributed by atoms with E-state index in [0.717, 1.165) is 5.56 Å². The number of benzene rings is 2. The minimum absolute atomic E-state index is 0.102. The van der Waals surface area contributed by atoms with Crippen molar-refractivity contribution in [2.45, 2.75) is 65.4 Å². The van der Waals surface area contributed by atoms with E-state index in [1.54, 1.807) is 58.9 Å². The maximum atomic E-state index is 13.1. The lowest BCUT2D eigenvalue weighted by atomic mass is 9.83. The van der Waals surface area contributed by atoms with Crippen LogP contribution in [-0.4, -0.2) is 47.9 Å². The van der Waals surface area contributed by atoms with Crippen LogP contribution in [0.15, 0.2) is 65.7 Å². The smallest absolute Gasteiger partial charge is 0.408 e. The molecule has 1 aliphatic rings. The molecule has 3 rings (SSSR count). The van der Waals surface area contributed by atoms with Crippen molar-refractivity contribution < 1.29 is 28.7 Å². The molecule has 8 heteroatoms. The zero-order valence-corrected chi connectivity index (χ0v) is 21.9. The second-order valence-corrected chi connectivity index (χ2v) is 9.97. The minimum Gasteiger partial charge on any atom is -0.444 e. The van der Waals surface area contributed by atoms with Crippen molar-refractivity contribution in [3.05, 3.63) is 82.4 Å². The average molecular weight is 507 g/mol. The third-order valence-electron chi connectivity index (χ3n) is 5.94. The van der Waals surface area contributed by atoms with Gasteiger partial charge in [-0.2, -0.15) is 0 Å². The first-order valence-corrected chi connectivity index (χ1v) is 12.3. The monoisotopic (exact) mass is 506 g/mol. The van der Waals surface area contributed by atoms with Crippen molar-refractivity contribution in [2.24, 2.45) is 0 Å². The number of allylic oxidation sites excluding steroid dienone is 1. The number of hydrogen-bond acceptors (Lipinski definition) is 6. The zero-order chi connectivity index (χ0) is 27.2. The summed E-state index contributed by atoms with van der Waals surface area (Å²) < 4.78 is 11.2. The highest BCUT2D eigenvalue weighted by Gasteiger charge is 2.31. The van der Waals surface area contributed by atoms with Gasteiger partial charge in [0, 0.05) is 28.8 Å². The molecule has 37 heavy (non-hydrogen) atoms. The van der Waals surface area contributed by atoms with E-state index in [9.17, 15) is 19.2 Å². The SMILES string of the molecule is CC1=C(CCNC(=O)[C@@H](NC(=O)OC(C)(C)C)C(C)OCc2ccccc2)C(=O)c2ccccc2C1=O. The van der Waals surface area contributed by atoms with Gasteiger partial charge in [0.1, 0.15) is 11.6 Å². The van der Waals surface area contributed by atoms with E-state index in [0.29, 0.717) is 22.3 Å². The first-order chi connectivity index (χ1) is 17.5. The molecule has 8 nitrogen and oxygen atoms in total. The fourth-order valence-corrected chi connectivity index (χ4v) is 4.00. The van der Waals surface area contributed by atoms with Gasteiger partial charge in [-0.15, -0.1) is 0 Å². The predicted molar refractivity (Wildman–Crippen MR) is 139 cm³/mol. The van der Waals surface area contributed by atoms with E-state index < -0.39 is 29.7 Å². The molecule has 2 aromatic carbocycles. The van der Waals surface area contributed by atoms with Crippen molar-refractivity contribution in [3.63, 3.8) is 0 Å². The van der Waals surface area contributed by atoms with Gasteiger partial charge in [-0.1, -0.05) is 54.6 Å². The Morgan fingerprint density at radius 2 is 1.51 bits per heavy atom. The van der Waals surface area contributed by atoms with E-state index in [4.69, 9.17) is 9.47 Å². The summed E-state index contributed by atoms with van der Waals surface area (Å²) in [6, 6.07) is 15.1. The Labute approximate surface area is 217 Å². The van der Waals surface area contributed by atoms with Gasteiger partial charge in [-0.3, -0.25) is 14.4 Å². The Bertz CT molecular complexity index is 1200. The molecule has 0 bridgehead atoms. The molecule has 0 fully saturated rings. The van der Waals surface area contributed by atoms with E-state index in [1.165, 1.54) is 0 Å². The van der Waals surface area contributed by atoms with Crippen molar-refractivity contribution in [1.29, 1.82) is 0 Å². The van der Waals surface area contributed by atoms with Crippen molar-refractivity contribution >= 4 is 23.6 Å². The first kappa shape index (κ1) is 27.8. The Morgan fingerprint density at radius 3 is 2.14 bits per heavy atom. The minimum atomic E-state index is -1.04. The zero-order valence-electron chi connectivity index (χ0n) is 21.9. The highest BCUT2D eigenvalue weighted by molar-refractivity contribution is 6.26. The van der Waals surface area contributed by atoms with E-state index >= 15 is 0 Å². The molecule has 0 heterocycles. The third kappa shape index (κ3) is 7.36. The molecule has 0 aliphatic heterocycles. The highest BCUT2D eigenvalue weighted by atomic mass is 16.6. The summed E-state index contributed by atoms with van der Waals surface area (Å²) in [6.45, 7) is 8.86. The molecular formula is C29H34N2O6. The topological polar surface area (TPSA) is 111 Å². The summed E-state index contributed by atoms with van der Waals surface area (Å²) in [7, 11) is 0. The molecule has 0 saturated heterocycles. The molecule has 1 aliphatic carbocycles. The average Bonchev–Trinajstić information content (AvgIpc) is 2.86. The molecule has 1 unspecified atom stereocenters. The van der Waals surface area contributed by atoms with Gasteiger partial charge in [0.2, 0.25) is 5.91 Å². The molecule has 2 amide bonds. The quantitative estimate of drug-likeness (QED) is 0.522. The van der Waals surface area contributed by atoms with Gasteiger partial charge in [-0.05, 0) is 46.6 Å². The van der Waals surface area contributed by atoms with Crippen LogP contribution < -0.4 is 10.6 Å². The maximum Gasteiger partial charge on any atom is 0.408 e. The summed E-state index contributed by atoms with van der Waals surface area (Å²) in [5.74, 6) is -0.895. The third-order valence-corrected chi connectivity index (χ3v) is 5.94. The summed E-state index contributed by atoms with van der Waals surface area (Å²) in [5, 5.41) is 5.37. The van der Waals surface area contributed by atoms with Crippen molar-refractivity contribution in [2.75, 3.05) is 6.54 Å². The lowest BCUT2D eigenvalue weighted by molar-refractivity contribution is -0.127. The van der Waals surface area contributed by atoms with Crippen LogP contribution in [0.4, 0.5) is 4.79 Å². The Hall–Kier alpha value is -3.78. The number of nitrogens with one attached hydrogen (secondary N) is 2. The van der Waals surface area contributed by atoms with Gasteiger partial charge in [0.05, 0.1) is 12.7 Å². The number of amides is 2. The summed E-state index contributed by atoms with van der Waals surface area (Å²) in [5.41, 5.74) is 1.69. The van der Waals surface area contributed by atoms with Crippen LogP contribution in [-0.2, 0) is 20.9 Å². The van der Waals surface area contributed by atoms with Crippen LogP contribution in [0.25, 0.3) is 0 Å². The molecule has 0 aromatic heterocycles. The standard InChI is InChI=1S/C29H34N2O6/c1-18-21(26(33)23-14-10-9-13-22(23)25(18)32)15-16-30-27(34)24(31-28(35)37-29(3,4)5)19(2)36-17-20-11-7-6-8-12-20/h6-14,19,24H,15-17H2,1-5H3,(H,30,34)(H,31,35)/t19?,24-/m0/s1. The van der Waals surface area contributed by atoms with Crippen LogP contribution in [0.1, 0.15) is 67.3 Å². The van der Waals surface area contributed by atoms with Gasteiger partial charge in [-0.25, -0.2) is 4.79 Å². The summed E-state index contributed by atoms with van der Waals surface area (Å²) in [4.78, 5) is 51.3. The second kappa shape index (κ2) is 12.0. The first-order valence-electron chi connectivity index (χ1n) is 12.3. The van der Waals surface area contributed by atoms with Gasteiger partial charge in [0.25, 0.3) is 0 Å². The Kier molecular flexibility index (Phi) is 8.99. The van der Waals surface area contributed by atoms with E-state index in [1.807, 2.05) is 30.3 Å². The van der Waals surface area contributed by atoms with E-state index in [-0.39, 0.29) is 31.1 Å². The van der Waals surface area contributed by atoms with Gasteiger partial charge in [0.15, 0.2) is 11.6 Å². The number of carbonyl (C=O) groups excluding carboxylic acids is 4. The summed E-state index contributed by atoms with van der Waals surface area (Å²) in [6.07, 6.45) is -1.25. The van der Waals surface area contributed by atoms with Crippen LogP contribution in [0.5, 0.6) is 0 Å². The molecule has 2 atom stereocenters. The molecule has 2 aromatic rings. The second-order valence-electron chi connectivity index (χ2n) is 9.97. The molecule has 196 valence electrons. The number of Topliss-reactive ketones (excluding diaryl/α,β-unsaturated/α-hetero) is 2. The fourth-order valence-electron chi connectivity index (χ4n) is 4.00. The number of ether oxygens (including phenoxy) is 2. The molecule has 0 spiro atoms. The van der Waals surface area contributed by atoms with E-state index in [2.05, 4.69) is 10.6 Å². The lowest BCUT2D eigenvalue weighted by Gasteiger charge is -2.27. The number of hydrogen-bond donors (Lipinski definition) is 2. The normalized spacial score (nSPS) is 15.1. The Morgan fingerprint density at radius 1 is 0.919 bits per heavy atom. The lowest BCUT2D eigenvalue weighted by Crippen LogP contribution is -2.54. The van der Waals surface area contributed by atoms with Crippen LogP contribution in [0.3, 0.4) is 0 Å². The number of alkyl carbamates (subject to hydrolysis) is 1. The van der Waals surface area contributed by atoms with Gasteiger partial charge < -0.3 is 20.1 Å².